The van der Waals surface area contributed by atoms with Crippen LogP contribution in [-0.2, 0) is 6.54 Å². The monoisotopic (exact) mass is 379 g/mol. The second-order valence-electron chi connectivity index (χ2n) is 6.21. The van der Waals surface area contributed by atoms with Gasteiger partial charge >= 0.3 is 0 Å². The van der Waals surface area contributed by atoms with Gasteiger partial charge < -0.3 is 4.98 Å². The molecule has 0 aliphatic rings. The molecule has 3 rings (SSSR count). The molecule has 2 aromatic heterocycles. The highest BCUT2D eigenvalue weighted by Crippen LogP contribution is 2.28. The fourth-order valence-electron chi connectivity index (χ4n) is 2.75. The van der Waals surface area contributed by atoms with Gasteiger partial charge in [-0.1, -0.05) is 17.7 Å². The van der Waals surface area contributed by atoms with Gasteiger partial charge in [-0.3, -0.25) is 9.69 Å². The number of nitrogens with zero attached hydrogens (tertiary/aromatic N) is 2. The number of aromatic amines is 1. The smallest absolute Gasteiger partial charge is 0.259 e. The molecular weight excluding hydrogens is 361 g/mol. The number of nitrogens with one attached hydrogen (secondary N) is 1. The number of halogens is 2. The Morgan fingerprint density at radius 2 is 2.12 bits per heavy atom. The summed E-state index contributed by atoms with van der Waals surface area (Å²) in [5, 5.41) is 1.04. The Balaban J connectivity index is 1.93. The van der Waals surface area contributed by atoms with Gasteiger partial charge in [0.2, 0.25) is 0 Å². The van der Waals surface area contributed by atoms with Crippen LogP contribution < -0.4 is 5.56 Å². The normalized spacial score (nSPS) is 12.9. The van der Waals surface area contributed by atoms with Crippen molar-refractivity contribution in [2.75, 3.05) is 7.05 Å². The molecule has 1 N–H and O–H groups in total. The Hall–Kier alpha value is -1.76. The van der Waals surface area contributed by atoms with Crippen LogP contribution in [0.5, 0.6) is 0 Å². The molecule has 0 amide bonds. The minimum absolute atomic E-state index is 0.133. The first-order chi connectivity index (χ1) is 11.8. The zero-order valence-corrected chi connectivity index (χ0v) is 16.1. The summed E-state index contributed by atoms with van der Waals surface area (Å²) in [5.74, 6) is 0.224. The zero-order valence-electron chi connectivity index (χ0n) is 14.5. The molecule has 0 spiro atoms. The molecule has 0 aliphatic carbocycles. The highest BCUT2D eigenvalue weighted by Gasteiger charge is 2.20. The third-order valence-electron chi connectivity index (χ3n) is 4.58. The van der Waals surface area contributed by atoms with Crippen molar-refractivity contribution in [3.63, 3.8) is 0 Å². The van der Waals surface area contributed by atoms with E-state index in [4.69, 9.17) is 11.6 Å². The summed E-state index contributed by atoms with van der Waals surface area (Å²) in [6.45, 7) is 6.15. The fraction of sp³-hybridized carbons (Fsp3) is 0.333. The van der Waals surface area contributed by atoms with Crippen LogP contribution in [-0.4, -0.2) is 21.9 Å². The number of aromatic nitrogens is 2. The summed E-state index contributed by atoms with van der Waals surface area (Å²) in [6, 6.07) is 4.44. The Labute approximate surface area is 154 Å². The van der Waals surface area contributed by atoms with Gasteiger partial charge in [0.05, 0.1) is 11.4 Å². The van der Waals surface area contributed by atoms with E-state index in [1.54, 1.807) is 12.1 Å². The van der Waals surface area contributed by atoms with Crippen molar-refractivity contribution in [3.8, 4) is 0 Å². The maximum Gasteiger partial charge on any atom is 0.259 e. The summed E-state index contributed by atoms with van der Waals surface area (Å²) >= 11 is 7.62. The molecule has 1 aromatic carbocycles. The summed E-state index contributed by atoms with van der Waals surface area (Å²) in [6.07, 6.45) is 0. The highest BCUT2D eigenvalue weighted by atomic mass is 35.5. The third kappa shape index (κ3) is 3.34. The summed E-state index contributed by atoms with van der Waals surface area (Å²) in [7, 11) is 1.85. The number of thiophene rings is 1. The molecule has 0 radical (unpaired) electrons. The lowest BCUT2D eigenvalue weighted by atomic mass is 10.1. The molecule has 3 aromatic rings. The lowest BCUT2D eigenvalue weighted by molar-refractivity contribution is 0.241. The van der Waals surface area contributed by atoms with Gasteiger partial charge in [0.15, 0.2) is 0 Å². The van der Waals surface area contributed by atoms with E-state index < -0.39 is 0 Å². The Kier molecular flexibility index (Phi) is 4.95. The molecule has 25 heavy (non-hydrogen) atoms. The molecule has 0 aliphatic heterocycles. The third-order valence-corrected chi connectivity index (χ3v) is 6.04. The van der Waals surface area contributed by atoms with Gasteiger partial charge in [-0.15, -0.1) is 11.3 Å². The first kappa shape index (κ1) is 18.0. The number of rotatable bonds is 4. The van der Waals surface area contributed by atoms with Crippen LogP contribution in [0.1, 0.15) is 34.8 Å². The SMILES string of the molecule is Cc1sc2nc(C(C)N(C)Cc3c(F)cccc3Cl)[nH]c(=O)c2c1C. The van der Waals surface area contributed by atoms with Gasteiger partial charge in [-0.2, -0.15) is 0 Å². The van der Waals surface area contributed by atoms with E-state index in [9.17, 15) is 9.18 Å². The number of H-pyrrole nitrogens is 1. The molecule has 0 saturated carbocycles. The van der Waals surface area contributed by atoms with Crippen LogP contribution in [0.4, 0.5) is 4.39 Å². The number of hydrogen-bond acceptors (Lipinski definition) is 4. The molecule has 0 fully saturated rings. The van der Waals surface area contributed by atoms with Crippen molar-refractivity contribution < 1.29 is 4.39 Å². The maximum atomic E-state index is 14.0. The predicted molar refractivity (Wildman–Crippen MR) is 101 cm³/mol. The van der Waals surface area contributed by atoms with Crippen molar-refractivity contribution in [3.05, 3.63) is 61.2 Å². The van der Waals surface area contributed by atoms with Gasteiger partial charge in [0.1, 0.15) is 16.5 Å². The largest absolute Gasteiger partial charge is 0.309 e. The summed E-state index contributed by atoms with van der Waals surface area (Å²) in [5.41, 5.74) is 1.27. The minimum atomic E-state index is -0.340. The van der Waals surface area contributed by atoms with E-state index in [0.29, 0.717) is 28.3 Å². The van der Waals surface area contributed by atoms with Crippen LogP contribution in [0, 0.1) is 19.7 Å². The molecule has 4 nitrogen and oxygen atoms in total. The first-order valence-corrected chi connectivity index (χ1v) is 9.12. The topological polar surface area (TPSA) is 49.0 Å². The lowest BCUT2D eigenvalue weighted by Gasteiger charge is -2.24. The van der Waals surface area contributed by atoms with Gasteiger partial charge in [-0.05, 0) is 45.5 Å². The zero-order chi connectivity index (χ0) is 18.3. The minimum Gasteiger partial charge on any atom is -0.309 e. The van der Waals surface area contributed by atoms with Gasteiger partial charge in [-0.25, -0.2) is 9.37 Å². The molecule has 1 atom stereocenters. The van der Waals surface area contributed by atoms with Crippen molar-refractivity contribution in [1.82, 2.24) is 14.9 Å². The molecule has 1 unspecified atom stereocenters. The second kappa shape index (κ2) is 6.86. The van der Waals surface area contributed by atoms with E-state index in [1.165, 1.54) is 17.4 Å². The average Bonchev–Trinajstić information content (AvgIpc) is 2.85. The van der Waals surface area contributed by atoms with Crippen LogP contribution in [0.15, 0.2) is 23.0 Å². The van der Waals surface area contributed by atoms with E-state index in [-0.39, 0.29) is 17.4 Å². The standard InChI is InChI=1S/C18H19ClFN3OS/c1-9-11(3)25-18-15(9)17(24)21-16(22-18)10(2)23(4)8-12-13(19)6-5-7-14(12)20/h5-7,10H,8H2,1-4H3,(H,21,22,24). The molecule has 0 bridgehead atoms. The predicted octanol–water partition coefficient (Wildman–Crippen LogP) is 4.59. The van der Waals surface area contributed by atoms with Crippen LogP contribution in [0.25, 0.3) is 10.2 Å². The molecule has 0 saturated heterocycles. The highest BCUT2D eigenvalue weighted by molar-refractivity contribution is 7.18. The number of fused-ring (bicyclic) bond motifs is 1. The Morgan fingerprint density at radius 3 is 2.80 bits per heavy atom. The molecule has 2 heterocycles. The molecule has 132 valence electrons. The van der Waals surface area contributed by atoms with E-state index >= 15 is 0 Å². The van der Waals surface area contributed by atoms with Crippen LogP contribution in [0.3, 0.4) is 0 Å². The number of aryl methyl sites for hydroxylation is 2. The quantitative estimate of drug-likeness (QED) is 0.721. The fourth-order valence-corrected chi connectivity index (χ4v) is 4.01. The number of benzene rings is 1. The second-order valence-corrected chi connectivity index (χ2v) is 7.82. The van der Waals surface area contributed by atoms with Crippen LogP contribution >= 0.6 is 22.9 Å². The van der Waals surface area contributed by atoms with E-state index in [0.717, 1.165) is 15.3 Å². The van der Waals surface area contributed by atoms with Gasteiger partial charge in [0.25, 0.3) is 5.56 Å². The van der Waals surface area contributed by atoms with Crippen molar-refractivity contribution >= 4 is 33.2 Å². The lowest BCUT2D eigenvalue weighted by Crippen LogP contribution is -2.26. The van der Waals surface area contributed by atoms with Crippen LogP contribution in [0.2, 0.25) is 5.02 Å². The number of hydrogen-bond donors (Lipinski definition) is 1. The first-order valence-electron chi connectivity index (χ1n) is 7.92. The van der Waals surface area contributed by atoms with Crippen molar-refractivity contribution in [2.45, 2.75) is 33.4 Å². The molecule has 7 heteroatoms. The van der Waals surface area contributed by atoms with Crippen molar-refractivity contribution in [1.29, 1.82) is 0 Å². The summed E-state index contributed by atoms with van der Waals surface area (Å²) < 4.78 is 14.0. The Bertz CT molecular complexity index is 978. The van der Waals surface area contributed by atoms with E-state index in [1.807, 2.05) is 32.7 Å². The Morgan fingerprint density at radius 1 is 1.40 bits per heavy atom. The molecular formula is C18H19ClFN3OS. The maximum absolute atomic E-state index is 14.0. The van der Waals surface area contributed by atoms with E-state index in [2.05, 4.69) is 9.97 Å². The van der Waals surface area contributed by atoms with Gasteiger partial charge in [0, 0.05) is 22.0 Å². The average molecular weight is 380 g/mol. The summed E-state index contributed by atoms with van der Waals surface area (Å²) in [4.78, 5) is 23.7. The van der Waals surface area contributed by atoms with Crippen molar-refractivity contribution in [2.24, 2.45) is 0 Å².